The Morgan fingerprint density at radius 1 is 0.674 bits per heavy atom. The van der Waals surface area contributed by atoms with Crippen LogP contribution < -0.4 is 13.7 Å². The maximum Gasteiger partial charge on any atom is 0.534 e. The summed E-state index contributed by atoms with van der Waals surface area (Å²) in [6.45, 7) is 2.43. The summed E-state index contributed by atoms with van der Waals surface area (Å²) in [5.74, 6) is -0.141. The third kappa shape index (κ3) is 7.30. The summed E-state index contributed by atoms with van der Waals surface area (Å²) in [6.07, 6.45) is -1.52. The van der Waals surface area contributed by atoms with Crippen LogP contribution in [0.5, 0.6) is 17.2 Å². The topological polar surface area (TPSA) is 80.3 Å². The second-order valence-corrected chi connectivity index (χ2v) is 11.4. The predicted molar refractivity (Wildman–Crippen MR) is 153 cm³/mol. The highest BCUT2D eigenvalue weighted by Crippen LogP contribution is 2.47. The lowest BCUT2D eigenvalue weighted by Gasteiger charge is -2.33. The molecule has 5 rings (SSSR count). The summed E-state index contributed by atoms with van der Waals surface area (Å²) in [5.41, 5.74) is -2.79. The maximum atomic E-state index is 13.3. The Kier molecular flexibility index (Phi) is 9.24. The number of aryl methyl sites for hydroxylation is 1. The van der Waals surface area contributed by atoms with Gasteiger partial charge in [0.1, 0.15) is 11.5 Å². The molecule has 0 unspecified atom stereocenters. The summed E-state index contributed by atoms with van der Waals surface area (Å²) < 4.78 is 93.4. The van der Waals surface area contributed by atoms with Crippen LogP contribution in [0.4, 0.5) is 13.2 Å². The van der Waals surface area contributed by atoms with E-state index in [1.165, 1.54) is 12.1 Å². The van der Waals surface area contributed by atoms with Gasteiger partial charge in [-0.15, -0.1) is 0 Å². The van der Waals surface area contributed by atoms with Crippen LogP contribution in [-0.4, -0.2) is 39.3 Å². The van der Waals surface area contributed by atoms with Gasteiger partial charge in [0.25, 0.3) is 0 Å². The van der Waals surface area contributed by atoms with Crippen molar-refractivity contribution < 1.29 is 44.7 Å². The summed E-state index contributed by atoms with van der Waals surface area (Å²) in [7, 11) is -5.97. The standard InChI is InChI=1S/C32H29F3O7S/c1-22-10-8-15-25-30(22)31-26(16-9-17-27(31)42-43(36,37)32(33,34)35)41-29(21-39-19-24-13-6-3-7-14-24)28(40-25)20-38-18-23-11-4-2-5-12-23/h2-17,28-29H,18-21H2,1H3/t28-,29-/m1/s1. The van der Waals surface area contributed by atoms with Crippen LogP contribution in [0.25, 0.3) is 11.1 Å². The fourth-order valence-corrected chi connectivity index (χ4v) is 5.11. The van der Waals surface area contributed by atoms with Gasteiger partial charge in [-0.3, -0.25) is 0 Å². The van der Waals surface area contributed by atoms with Crippen molar-refractivity contribution in [3.8, 4) is 28.4 Å². The predicted octanol–water partition coefficient (Wildman–Crippen LogP) is 6.83. The molecule has 0 N–H and O–H groups in total. The number of alkyl halides is 3. The number of hydrogen-bond acceptors (Lipinski definition) is 7. The van der Waals surface area contributed by atoms with E-state index in [1.807, 2.05) is 60.7 Å². The van der Waals surface area contributed by atoms with Gasteiger partial charge in [-0.1, -0.05) is 78.9 Å². The van der Waals surface area contributed by atoms with Gasteiger partial charge in [0.05, 0.1) is 32.0 Å². The van der Waals surface area contributed by atoms with Gasteiger partial charge < -0.3 is 23.1 Å². The van der Waals surface area contributed by atoms with Crippen LogP contribution in [0.2, 0.25) is 0 Å². The maximum absolute atomic E-state index is 13.3. The first kappa shape index (κ1) is 30.4. The van der Waals surface area contributed by atoms with E-state index in [9.17, 15) is 21.6 Å². The van der Waals surface area contributed by atoms with Gasteiger partial charge in [-0.2, -0.15) is 21.6 Å². The monoisotopic (exact) mass is 614 g/mol. The number of rotatable bonds is 10. The lowest BCUT2D eigenvalue weighted by molar-refractivity contribution is -0.0553. The molecule has 0 fully saturated rings. The Labute approximate surface area is 247 Å². The summed E-state index contributed by atoms with van der Waals surface area (Å²) in [4.78, 5) is 0. The lowest BCUT2D eigenvalue weighted by Crippen LogP contribution is -2.44. The van der Waals surface area contributed by atoms with Crippen LogP contribution in [0, 0.1) is 6.92 Å². The van der Waals surface area contributed by atoms with E-state index in [-0.39, 0.29) is 31.1 Å². The van der Waals surface area contributed by atoms with Crippen molar-refractivity contribution in [3.63, 3.8) is 0 Å². The normalized spacial score (nSPS) is 16.6. The van der Waals surface area contributed by atoms with Crippen molar-refractivity contribution in [2.45, 2.75) is 37.9 Å². The van der Waals surface area contributed by atoms with Crippen molar-refractivity contribution in [2.24, 2.45) is 0 Å². The first-order valence-electron chi connectivity index (χ1n) is 13.4. The summed E-state index contributed by atoms with van der Waals surface area (Å²) >= 11 is 0. The third-order valence-electron chi connectivity index (χ3n) is 6.71. The molecule has 0 aromatic heterocycles. The Morgan fingerprint density at radius 3 is 1.67 bits per heavy atom. The van der Waals surface area contributed by atoms with Crippen molar-refractivity contribution in [2.75, 3.05) is 13.2 Å². The molecular formula is C32H29F3O7S. The van der Waals surface area contributed by atoms with Crippen molar-refractivity contribution >= 4 is 10.1 Å². The molecule has 1 aliphatic heterocycles. The zero-order valence-corrected chi connectivity index (χ0v) is 23.9. The van der Waals surface area contributed by atoms with Crippen molar-refractivity contribution in [1.29, 1.82) is 0 Å². The van der Waals surface area contributed by atoms with Crippen molar-refractivity contribution in [3.05, 3.63) is 114 Å². The zero-order chi connectivity index (χ0) is 30.5. The highest BCUT2D eigenvalue weighted by atomic mass is 32.2. The van der Waals surface area contributed by atoms with E-state index in [4.69, 9.17) is 18.9 Å². The second kappa shape index (κ2) is 13.1. The van der Waals surface area contributed by atoms with E-state index in [1.54, 1.807) is 25.1 Å². The Bertz CT molecular complexity index is 1630. The molecule has 7 nitrogen and oxygen atoms in total. The lowest BCUT2D eigenvalue weighted by atomic mass is 9.96. The molecule has 0 saturated carbocycles. The molecule has 226 valence electrons. The summed E-state index contributed by atoms with van der Waals surface area (Å²) in [5, 5.41) is 0. The average Bonchev–Trinajstić information content (AvgIpc) is 2.96. The quantitative estimate of drug-likeness (QED) is 0.143. The third-order valence-corrected chi connectivity index (χ3v) is 7.68. The number of hydrogen-bond donors (Lipinski definition) is 0. The molecule has 1 aliphatic rings. The Balaban J connectivity index is 1.51. The SMILES string of the molecule is Cc1cccc2c1-c1c(cccc1OS(=O)(=O)C(F)(F)F)O[C@H](COCc1ccccc1)[C@@H](COCc1ccccc1)O2. The molecule has 11 heteroatoms. The molecule has 0 amide bonds. The molecule has 2 atom stereocenters. The first-order valence-corrected chi connectivity index (χ1v) is 14.8. The zero-order valence-electron chi connectivity index (χ0n) is 23.1. The number of benzene rings is 4. The minimum atomic E-state index is -5.97. The molecule has 0 saturated heterocycles. The molecule has 0 spiro atoms. The molecule has 4 aromatic carbocycles. The highest BCUT2D eigenvalue weighted by molar-refractivity contribution is 7.88. The van der Waals surface area contributed by atoms with Gasteiger partial charge in [-0.05, 0) is 41.8 Å². The van der Waals surface area contributed by atoms with E-state index in [0.717, 1.165) is 17.2 Å². The van der Waals surface area contributed by atoms with Gasteiger partial charge >= 0.3 is 15.6 Å². The number of ether oxygens (including phenoxy) is 4. The molecule has 0 bridgehead atoms. The van der Waals surface area contributed by atoms with Gasteiger partial charge in [-0.25, -0.2) is 0 Å². The Hall–Kier alpha value is -4.06. The highest BCUT2D eigenvalue weighted by Gasteiger charge is 2.49. The van der Waals surface area contributed by atoms with E-state index in [0.29, 0.717) is 23.5 Å². The smallest absolute Gasteiger partial charge is 0.483 e. The van der Waals surface area contributed by atoms with Crippen LogP contribution in [-0.2, 0) is 32.8 Å². The molecule has 1 heterocycles. The molecular weight excluding hydrogens is 585 g/mol. The molecule has 43 heavy (non-hydrogen) atoms. The van der Waals surface area contributed by atoms with Gasteiger partial charge in [0.15, 0.2) is 18.0 Å². The van der Waals surface area contributed by atoms with E-state index < -0.39 is 33.6 Å². The molecule has 0 radical (unpaired) electrons. The largest absolute Gasteiger partial charge is 0.534 e. The fraction of sp³-hybridized carbons (Fsp3) is 0.250. The fourth-order valence-electron chi connectivity index (χ4n) is 4.64. The average molecular weight is 615 g/mol. The number of halogens is 3. The minimum Gasteiger partial charge on any atom is -0.483 e. The summed E-state index contributed by atoms with van der Waals surface area (Å²) in [6, 6.07) is 28.2. The van der Waals surface area contributed by atoms with Crippen LogP contribution in [0.15, 0.2) is 97.1 Å². The van der Waals surface area contributed by atoms with E-state index in [2.05, 4.69) is 4.18 Å². The second-order valence-electron chi connectivity index (χ2n) is 9.87. The minimum absolute atomic E-state index is 0.0140. The molecule has 4 aromatic rings. The van der Waals surface area contributed by atoms with E-state index >= 15 is 0 Å². The van der Waals surface area contributed by atoms with Crippen LogP contribution in [0.3, 0.4) is 0 Å². The first-order chi connectivity index (χ1) is 20.6. The van der Waals surface area contributed by atoms with Crippen molar-refractivity contribution in [1.82, 2.24) is 0 Å². The van der Waals surface area contributed by atoms with Crippen LogP contribution >= 0.6 is 0 Å². The number of fused-ring (bicyclic) bond motifs is 3. The van der Waals surface area contributed by atoms with Gasteiger partial charge in [0, 0.05) is 5.56 Å². The van der Waals surface area contributed by atoms with Crippen LogP contribution in [0.1, 0.15) is 16.7 Å². The molecule has 0 aliphatic carbocycles. The van der Waals surface area contributed by atoms with Gasteiger partial charge in [0.2, 0.25) is 0 Å². The Morgan fingerprint density at radius 2 is 1.16 bits per heavy atom.